The van der Waals surface area contributed by atoms with Crippen LogP contribution in [0.4, 0.5) is 5.69 Å². The summed E-state index contributed by atoms with van der Waals surface area (Å²) in [5.41, 5.74) is -0.156. The summed E-state index contributed by atoms with van der Waals surface area (Å²) in [6, 6.07) is 2.83. The lowest BCUT2D eigenvalue weighted by Gasteiger charge is -2.21. The number of rotatable bonds is 3. The second-order valence-corrected chi connectivity index (χ2v) is 5.50. The zero-order valence-corrected chi connectivity index (χ0v) is 9.98. The van der Waals surface area contributed by atoms with Crippen LogP contribution in [0.3, 0.4) is 0 Å². The highest BCUT2D eigenvalue weighted by atomic mass is 32.2. The topological polar surface area (TPSA) is 85.1 Å². The van der Waals surface area contributed by atoms with Crippen molar-refractivity contribution >= 4 is 16.5 Å². The van der Waals surface area contributed by atoms with Gasteiger partial charge in [0.15, 0.2) is 0 Å². The van der Waals surface area contributed by atoms with Crippen LogP contribution in [-0.2, 0) is 10.8 Å². The number of nitrogens with zero attached hydrogens (tertiary/aromatic N) is 2. The van der Waals surface area contributed by atoms with Gasteiger partial charge in [-0.3, -0.25) is 14.3 Å². The molecule has 1 aromatic heterocycles. The minimum absolute atomic E-state index is 0.0858. The van der Waals surface area contributed by atoms with Gasteiger partial charge in [0.1, 0.15) is 0 Å². The summed E-state index contributed by atoms with van der Waals surface area (Å²) in [5.74, 6) is 0. The van der Waals surface area contributed by atoms with Crippen LogP contribution >= 0.6 is 0 Å². The Morgan fingerprint density at radius 2 is 2.41 bits per heavy atom. The first kappa shape index (κ1) is 12.1. The highest BCUT2D eigenvalue weighted by Crippen LogP contribution is 2.23. The Bertz CT molecular complexity index is 446. The van der Waals surface area contributed by atoms with Crippen LogP contribution in [0, 0.1) is 10.1 Å². The van der Waals surface area contributed by atoms with Crippen molar-refractivity contribution in [2.75, 3.05) is 13.1 Å². The van der Waals surface area contributed by atoms with Gasteiger partial charge in [-0.25, -0.2) is 4.98 Å². The van der Waals surface area contributed by atoms with Gasteiger partial charge in [-0.15, -0.1) is 0 Å². The highest BCUT2D eigenvalue weighted by Gasteiger charge is 2.27. The Hall–Kier alpha value is -1.34. The van der Waals surface area contributed by atoms with Gasteiger partial charge < -0.3 is 5.32 Å². The molecule has 0 bridgehead atoms. The fourth-order valence-corrected chi connectivity index (χ4v) is 3.32. The Morgan fingerprint density at radius 1 is 1.59 bits per heavy atom. The van der Waals surface area contributed by atoms with Crippen molar-refractivity contribution in [2.24, 2.45) is 0 Å². The number of pyridine rings is 1. The largest absolute Gasteiger partial charge is 0.316 e. The molecule has 6 nitrogen and oxygen atoms in total. The Labute approximate surface area is 101 Å². The lowest BCUT2D eigenvalue weighted by atomic mass is 10.2. The van der Waals surface area contributed by atoms with Crippen LogP contribution in [0.1, 0.15) is 12.8 Å². The number of aromatic nitrogens is 1. The quantitative estimate of drug-likeness (QED) is 0.639. The molecule has 1 aliphatic heterocycles. The van der Waals surface area contributed by atoms with Crippen molar-refractivity contribution < 1.29 is 9.13 Å². The lowest BCUT2D eigenvalue weighted by Crippen LogP contribution is -2.36. The molecule has 1 saturated heterocycles. The molecule has 0 aromatic carbocycles. The SMILES string of the molecule is O=[N+]([O-])c1cccnc1[S@@](=O)[C@H]1CCCNC1. The predicted molar refractivity (Wildman–Crippen MR) is 63.2 cm³/mol. The van der Waals surface area contributed by atoms with E-state index in [0.29, 0.717) is 6.54 Å². The maximum absolute atomic E-state index is 12.2. The third kappa shape index (κ3) is 2.67. The van der Waals surface area contributed by atoms with Crippen LogP contribution in [0.2, 0.25) is 0 Å². The molecule has 1 aliphatic rings. The molecule has 0 spiro atoms. The summed E-state index contributed by atoms with van der Waals surface area (Å²) in [6.07, 6.45) is 3.20. The molecule has 0 aliphatic carbocycles. The molecule has 1 aromatic rings. The fourth-order valence-electron chi connectivity index (χ4n) is 1.84. The van der Waals surface area contributed by atoms with E-state index in [-0.39, 0.29) is 16.0 Å². The molecule has 0 unspecified atom stereocenters. The molecular formula is C10H13N3O3S. The van der Waals surface area contributed by atoms with Gasteiger partial charge in [-0.2, -0.15) is 0 Å². The molecule has 2 atom stereocenters. The van der Waals surface area contributed by atoms with E-state index in [0.717, 1.165) is 19.4 Å². The monoisotopic (exact) mass is 255 g/mol. The predicted octanol–water partition coefficient (Wildman–Crippen LogP) is 0.849. The molecule has 0 radical (unpaired) electrons. The minimum Gasteiger partial charge on any atom is -0.316 e. The minimum atomic E-state index is -1.42. The highest BCUT2D eigenvalue weighted by molar-refractivity contribution is 7.85. The lowest BCUT2D eigenvalue weighted by molar-refractivity contribution is -0.388. The second-order valence-electron chi connectivity index (χ2n) is 3.85. The number of nitrogens with one attached hydrogen (secondary N) is 1. The summed E-state index contributed by atoms with van der Waals surface area (Å²) >= 11 is 0. The van der Waals surface area contributed by atoms with Crippen LogP contribution in [0.25, 0.3) is 0 Å². The van der Waals surface area contributed by atoms with Crippen molar-refractivity contribution in [2.45, 2.75) is 23.1 Å². The van der Waals surface area contributed by atoms with Crippen molar-refractivity contribution in [3.8, 4) is 0 Å². The summed E-state index contributed by atoms with van der Waals surface area (Å²) in [5, 5.41) is 14.0. The normalized spacial score (nSPS) is 22.0. The van der Waals surface area contributed by atoms with Gasteiger partial charge in [0.25, 0.3) is 0 Å². The smallest absolute Gasteiger partial charge is 0.303 e. The van der Waals surface area contributed by atoms with E-state index in [2.05, 4.69) is 10.3 Å². The van der Waals surface area contributed by atoms with Gasteiger partial charge in [-0.1, -0.05) is 0 Å². The molecule has 2 heterocycles. The molecule has 1 N–H and O–H groups in total. The van der Waals surface area contributed by atoms with E-state index in [9.17, 15) is 14.3 Å². The molecule has 17 heavy (non-hydrogen) atoms. The van der Waals surface area contributed by atoms with Crippen LogP contribution in [0.15, 0.2) is 23.4 Å². The molecule has 1 fully saturated rings. The third-order valence-corrected chi connectivity index (χ3v) is 4.40. The van der Waals surface area contributed by atoms with E-state index in [4.69, 9.17) is 0 Å². The van der Waals surface area contributed by atoms with E-state index in [1.165, 1.54) is 18.3 Å². The second kappa shape index (κ2) is 5.33. The maximum Gasteiger partial charge on any atom is 0.303 e. The molecule has 2 rings (SSSR count). The first-order valence-electron chi connectivity index (χ1n) is 5.41. The van der Waals surface area contributed by atoms with E-state index >= 15 is 0 Å². The zero-order valence-electron chi connectivity index (χ0n) is 9.17. The van der Waals surface area contributed by atoms with Crippen LogP contribution in [0.5, 0.6) is 0 Å². The first-order chi connectivity index (χ1) is 8.20. The molecule has 0 saturated carbocycles. The van der Waals surface area contributed by atoms with E-state index < -0.39 is 15.7 Å². The van der Waals surface area contributed by atoms with Gasteiger partial charge >= 0.3 is 5.69 Å². The summed E-state index contributed by atoms with van der Waals surface area (Å²) < 4.78 is 12.2. The molecule has 7 heteroatoms. The van der Waals surface area contributed by atoms with Crippen molar-refractivity contribution in [1.82, 2.24) is 10.3 Å². The van der Waals surface area contributed by atoms with E-state index in [1.54, 1.807) is 0 Å². The average Bonchev–Trinajstić information content (AvgIpc) is 2.39. The first-order valence-corrected chi connectivity index (χ1v) is 6.62. The standard InChI is InChI=1S/C10H13N3O3S/c14-13(15)9-4-2-6-12-10(9)17(16)8-3-1-5-11-7-8/h2,4,6,8,11H,1,3,5,7H2/t8-,17-/m0/s1. The fraction of sp³-hybridized carbons (Fsp3) is 0.500. The summed E-state index contributed by atoms with van der Waals surface area (Å²) in [7, 11) is -1.42. The number of nitro groups is 1. The Balaban J connectivity index is 2.26. The number of hydrogen-bond donors (Lipinski definition) is 1. The zero-order chi connectivity index (χ0) is 12.3. The number of hydrogen-bond acceptors (Lipinski definition) is 5. The Morgan fingerprint density at radius 3 is 3.06 bits per heavy atom. The van der Waals surface area contributed by atoms with Gasteiger partial charge in [0, 0.05) is 18.8 Å². The summed E-state index contributed by atoms with van der Waals surface area (Å²) in [6.45, 7) is 1.54. The van der Waals surface area contributed by atoms with Crippen LogP contribution in [-0.4, -0.2) is 32.5 Å². The van der Waals surface area contributed by atoms with E-state index in [1.807, 2.05) is 0 Å². The molecule has 0 amide bonds. The van der Waals surface area contributed by atoms with Crippen molar-refractivity contribution in [3.63, 3.8) is 0 Å². The van der Waals surface area contributed by atoms with Gasteiger partial charge in [0.2, 0.25) is 5.03 Å². The molecule has 92 valence electrons. The van der Waals surface area contributed by atoms with Crippen molar-refractivity contribution in [3.05, 3.63) is 28.4 Å². The third-order valence-electron chi connectivity index (χ3n) is 2.69. The Kier molecular flexibility index (Phi) is 3.80. The molecular weight excluding hydrogens is 242 g/mol. The summed E-state index contributed by atoms with van der Waals surface area (Å²) in [4.78, 5) is 14.2. The number of piperidine rings is 1. The maximum atomic E-state index is 12.2. The van der Waals surface area contributed by atoms with Gasteiger partial charge in [0.05, 0.1) is 21.0 Å². The average molecular weight is 255 g/mol. The van der Waals surface area contributed by atoms with Crippen molar-refractivity contribution in [1.29, 1.82) is 0 Å². The van der Waals surface area contributed by atoms with Crippen LogP contribution < -0.4 is 5.32 Å². The van der Waals surface area contributed by atoms with Gasteiger partial charge in [-0.05, 0) is 25.5 Å².